The first kappa shape index (κ1) is 19.3. The molecule has 0 spiro atoms. The average molecular weight is 361 g/mol. The number of rotatable bonds is 5. The van der Waals surface area contributed by atoms with E-state index in [2.05, 4.69) is 10.6 Å². The van der Waals surface area contributed by atoms with Crippen molar-refractivity contribution in [3.63, 3.8) is 0 Å². The van der Waals surface area contributed by atoms with E-state index in [0.29, 0.717) is 5.02 Å². The van der Waals surface area contributed by atoms with Crippen LogP contribution >= 0.6 is 23.2 Å². The molecule has 0 bridgehead atoms. The molecule has 0 aliphatic heterocycles. The van der Waals surface area contributed by atoms with Crippen LogP contribution in [0.3, 0.4) is 0 Å². The lowest BCUT2D eigenvalue weighted by Crippen LogP contribution is -2.43. The van der Waals surface area contributed by atoms with Gasteiger partial charge < -0.3 is 15.4 Å². The Kier molecular flexibility index (Phi) is 6.84. The lowest BCUT2D eigenvalue weighted by molar-refractivity contribution is -0.147. The Morgan fingerprint density at radius 2 is 1.78 bits per heavy atom. The second-order valence-electron chi connectivity index (χ2n) is 5.77. The quantitative estimate of drug-likeness (QED) is 0.788. The van der Waals surface area contributed by atoms with Crippen LogP contribution in [0.25, 0.3) is 0 Å². The third kappa shape index (κ3) is 7.34. The van der Waals surface area contributed by atoms with E-state index in [-0.39, 0.29) is 17.1 Å². The van der Waals surface area contributed by atoms with Crippen LogP contribution in [0, 0.1) is 0 Å². The molecule has 2 amide bonds. The molecule has 23 heavy (non-hydrogen) atoms. The molecule has 0 radical (unpaired) electrons. The number of halogens is 2. The smallest absolute Gasteiger partial charge is 0.325 e. The Bertz CT molecular complexity index is 612. The SMILES string of the molecule is CC(C)(C)NC(=O)COC(=O)CNC(=O)c1ccc(Cl)c(Cl)c1. The fourth-order valence-corrected chi connectivity index (χ4v) is 1.84. The fraction of sp³-hybridized carbons (Fsp3) is 0.400. The van der Waals surface area contributed by atoms with Crippen LogP contribution < -0.4 is 10.6 Å². The number of carbonyl (C=O) groups excluding carboxylic acids is 3. The maximum Gasteiger partial charge on any atom is 0.325 e. The van der Waals surface area contributed by atoms with Gasteiger partial charge >= 0.3 is 5.97 Å². The van der Waals surface area contributed by atoms with Gasteiger partial charge in [-0.1, -0.05) is 23.2 Å². The van der Waals surface area contributed by atoms with Crippen molar-refractivity contribution in [2.45, 2.75) is 26.3 Å². The van der Waals surface area contributed by atoms with Gasteiger partial charge in [0.2, 0.25) is 0 Å². The van der Waals surface area contributed by atoms with E-state index in [1.54, 1.807) is 0 Å². The van der Waals surface area contributed by atoms with Gasteiger partial charge in [0.1, 0.15) is 6.54 Å². The zero-order valence-electron chi connectivity index (χ0n) is 13.0. The predicted molar refractivity (Wildman–Crippen MR) is 87.6 cm³/mol. The molecule has 0 saturated carbocycles. The first-order valence-corrected chi connectivity index (χ1v) is 7.54. The van der Waals surface area contributed by atoms with Crippen molar-refractivity contribution in [1.29, 1.82) is 0 Å². The summed E-state index contributed by atoms with van der Waals surface area (Å²) in [5, 5.41) is 5.58. The molecule has 0 fully saturated rings. The molecule has 1 aromatic carbocycles. The van der Waals surface area contributed by atoms with E-state index in [1.807, 2.05) is 20.8 Å². The molecule has 6 nitrogen and oxygen atoms in total. The standard InChI is InChI=1S/C15H18Cl2N2O4/c1-15(2,3)19-12(20)8-23-13(21)7-18-14(22)9-4-5-10(16)11(17)6-9/h4-6H,7-8H2,1-3H3,(H,18,22)(H,19,20). The van der Waals surface area contributed by atoms with Crippen LogP contribution in [0.5, 0.6) is 0 Å². The molecule has 1 aromatic rings. The summed E-state index contributed by atoms with van der Waals surface area (Å²) in [6.07, 6.45) is 0. The summed E-state index contributed by atoms with van der Waals surface area (Å²) in [5.74, 6) is -1.64. The third-order valence-electron chi connectivity index (χ3n) is 2.45. The second kappa shape index (κ2) is 8.17. The minimum absolute atomic E-state index is 0.237. The maximum absolute atomic E-state index is 11.8. The van der Waals surface area contributed by atoms with Crippen molar-refractivity contribution < 1.29 is 19.1 Å². The minimum Gasteiger partial charge on any atom is -0.454 e. The molecule has 0 aliphatic carbocycles. The first-order chi connectivity index (χ1) is 10.6. The highest BCUT2D eigenvalue weighted by molar-refractivity contribution is 6.42. The van der Waals surface area contributed by atoms with Gasteiger partial charge in [0, 0.05) is 11.1 Å². The van der Waals surface area contributed by atoms with E-state index in [9.17, 15) is 14.4 Å². The summed E-state index contributed by atoms with van der Waals surface area (Å²) in [6, 6.07) is 4.35. The van der Waals surface area contributed by atoms with Crippen LogP contribution in [0.15, 0.2) is 18.2 Å². The van der Waals surface area contributed by atoms with Crippen LogP contribution in [0.2, 0.25) is 10.0 Å². The number of esters is 1. The van der Waals surface area contributed by atoms with Gasteiger partial charge in [-0.15, -0.1) is 0 Å². The van der Waals surface area contributed by atoms with Crippen LogP contribution in [-0.4, -0.2) is 36.5 Å². The number of benzene rings is 1. The van der Waals surface area contributed by atoms with Crippen molar-refractivity contribution in [2.75, 3.05) is 13.2 Å². The predicted octanol–water partition coefficient (Wildman–Crippen LogP) is 2.18. The van der Waals surface area contributed by atoms with E-state index < -0.39 is 29.9 Å². The molecule has 0 atom stereocenters. The Hall–Kier alpha value is -1.79. The second-order valence-corrected chi connectivity index (χ2v) is 6.58. The molecular formula is C15H18Cl2N2O4. The zero-order valence-corrected chi connectivity index (χ0v) is 14.5. The summed E-state index contributed by atoms with van der Waals surface area (Å²) >= 11 is 11.6. The van der Waals surface area contributed by atoms with Gasteiger partial charge in [-0.2, -0.15) is 0 Å². The first-order valence-electron chi connectivity index (χ1n) is 6.78. The van der Waals surface area contributed by atoms with E-state index in [0.717, 1.165) is 0 Å². The Morgan fingerprint density at radius 1 is 1.13 bits per heavy atom. The topological polar surface area (TPSA) is 84.5 Å². The monoisotopic (exact) mass is 360 g/mol. The summed E-state index contributed by atoms with van der Waals surface area (Å²) < 4.78 is 4.77. The normalized spacial score (nSPS) is 10.8. The van der Waals surface area contributed by atoms with E-state index in [1.165, 1.54) is 18.2 Å². The van der Waals surface area contributed by atoms with Gasteiger partial charge in [-0.25, -0.2) is 0 Å². The number of amides is 2. The lowest BCUT2D eigenvalue weighted by atomic mass is 10.1. The summed E-state index contributed by atoms with van der Waals surface area (Å²) in [7, 11) is 0. The van der Waals surface area contributed by atoms with Crippen LogP contribution in [-0.2, 0) is 14.3 Å². The van der Waals surface area contributed by atoms with Crippen LogP contribution in [0.1, 0.15) is 31.1 Å². The largest absolute Gasteiger partial charge is 0.454 e. The fourth-order valence-electron chi connectivity index (χ4n) is 1.54. The van der Waals surface area contributed by atoms with Crippen molar-refractivity contribution in [3.8, 4) is 0 Å². The highest BCUT2D eigenvalue weighted by atomic mass is 35.5. The van der Waals surface area contributed by atoms with Gasteiger partial charge in [0.15, 0.2) is 6.61 Å². The molecule has 8 heteroatoms. The molecule has 0 aromatic heterocycles. The Balaban J connectivity index is 2.39. The summed E-state index contributed by atoms with van der Waals surface area (Å²) in [4.78, 5) is 34.8. The Labute approximate surface area is 144 Å². The molecule has 0 saturated heterocycles. The number of nitrogens with one attached hydrogen (secondary N) is 2. The van der Waals surface area contributed by atoms with Crippen molar-refractivity contribution in [1.82, 2.24) is 10.6 Å². The van der Waals surface area contributed by atoms with Crippen molar-refractivity contribution in [3.05, 3.63) is 33.8 Å². The molecular weight excluding hydrogens is 343 g/mol. The highest BCUT2D eigenvalue weighted by Gasteiger charge is 2.16. The van der Waals surface area contributed by atoms with Crippen LogP contribution in [0.4, 0.5) is 0 Å². The number of hydrogen-bond donors (Lipinski definition) is 2. The number of ether oxygens (including phenoxy) is 1. The molecule has 126 valence electrons. The van der Waals surface area contributed by atoms with E-state index in [4.69, 9.17) is 27.9 Å². The van der Waals surface area contributed by atoms with Gasteiger partial charge in [0.05, 0.1) is 10.0 Å². The maximum atomic E-state index is 11.8. The molecule has 0 heterocycles. The molecule has 2 N–H and O–H groups in total. The third-order valence-corrected chi connectivity index (χ3v) is 3.19. The molecule has 0 unspecified atom stereocenters. The Morgan fingerprint density at radius 3 is 2.35 bits per heavy atom. The summed E-state index contributed by atoms with van der Waals surface area (Å²) in [5.41, 5.74) is -0.149. The summed E-state index contributed by atoms with van der Waals surface area (Å²) in [6.45, 7) is 4.67. The van der Waals surface area contributed by atoms with Gasteiger partial charge in [-0.05, 0) is 39.0 Å². The van der Waals surface area contributed by atoms with Gasteiger partial charge in [-0.3, -0.25) is 14.4 Å². The number of carbonyl (C=O) groups is 3. The van der Waals surface area contributed by atoms with Crippen molar-refractivity contribution in [2.24, 2.45) is 0 Å². The highest BCUT2D eigenvalue weighted by Crippen LogP contribution is 2.22. The average Bonchev–Trinajstić information content (AvgIpc) is 2.43. The number of hydrogen-bond acceptors (Lipinski definition) is 4. The minimum atomic E-state index is -0.720. The van der Waals surface area contributed by atoms with Crippen molar-refractivity contribution >= 4 is 41.0 Å². The lowest BCUT2D eigenvalue weighted by Gasteiger charge is -2.20. The van der Waals surface area contributed by atoms with E-state index >= 15 is 0 Å². The van der Waals surface area contributed by atoms with Gasteiger partial charge in [0.25, 0.3) is 11.8 Å². The molecule has 0 aliphatic rings. The molecule has 1 rings (SSSR count). The zero-order chi connectivity index (χ0) is 17.6.